The second kappa shape index (κ2) is 8.21. The van der Waals surface area contributed by atoms with Crippen LogP contribution in [0, 0.1) is 0 Å². The Hall–Kier alpha value is -3.22. The molecular weight excluding hydrogens is 360 g/mol. The molecule has 0 aliphatic carbocycles. The molecule has 1 saturated heterocycles. The first-order valence-corrected chi connectivity index (χ1v) is 9.33. The van der Waals surface area contributed by atoms with Crippen LogP contribution in [0.3, 0.4) is 0 Å². The molecule has 146 valence electrons. The molecule has 1 N–H and O–H groups in total. The van der Waals surface area contributed by atoms with Gasteiger partial charge >= 0.3 is 6.09 Å². The van der Waals surface area contributed by atoms with E-state index >= 15 is 0 Å². The van der Waals surface area contributed by atoms with Crippen molar-refractivity contribution < 1.29 is 23.8 Å². The van der Waals surface area contributed by atoms with Gasteiger partial charge in [0.1, 0.15) is 6.61 Å². The Morgan fingerprint density at radius 2 is 1.86 bits per heavy atom. The Morgan fingerprint density at radius 1 is 1.04 bits per heavy atom. The molecule has 7 nitrogen and oxygen atoms in total. The second-order valence-electron chi connectivity index (χ2n) is 6.73. The van der Waals surface area contributed by atoms with Crippen LogP contribution in [0.5, 0.6) is 11.5 Å². The van der Waals surface area contributed by atoms with Gasteiger partial charge in [-0.05, 0) is 23.3 Å². The molecule has 0 aromatic heterocycles. The lowest BCUT2D eigenvalue weighted by Gasteiger charge is -2.19. The van der Waals surface area contributed by atoms with Crippen LogP contribution in [0.4, 0.5) is 4.79 Å². The fourth-order valence-corrected chi connectivity index (χ4v) is 3.46. The summed E-state index contributed by atoms with van der Waals surface area (Å²) in [4.78, 5) is 25.6. The smallest absolute Gasteiger partial charge is 0.409 e. The molecule has 0 bridgehead atoms. The highest BCUT2D eigenvalue weighted by Gasteiger charge is 2.23. The number of rotatable bonds is 7. The number of carbonyl (C=O) groups excluding carboxylic acids is 2. The van der Waals surface area contributed by atoms with Crippen molar-refractivity contribution in [2.24, 2.45) is 0 Å². The summed E-state index contributed by atoms with van der Waals surface area (Å²) in [6, 6.07) is 15.7. The Kier molecular flexibility index (Phi) is 5.32. The first-order chi connectivity index (χ1) is 13.7. The average molecular weight is 382 g/mol. The van der Waals surface area contributed by atoms with Crippen molar-refractivity contribution in [3.05, 3.63) is 59.7 Å². The SMILES string of the molecule is O=C(C[C@H](c1ccccc1)c1ccc2c(c1)OCO2)NCCN1CCOC1=O. The standard InChI is InChI=1S/C21H22N2O5/c24-20(22-8-9-23-10-11-26-21(23)25)13-17(15-4-2-1-3-5-15)16-6-7-18-19(12-16)28-14-27-18/h1-7,12,17H,8-11,13-14H2,(H,22,24)/t17-/m1/s1. The molecule has 0 radical (unpaired) electrons. The maximum absolute atomic E-state index is 12.6. The molecule has 28 heavy (non-hydrogen) atoms. The molecule has 4 rings (SSSR count). The summed E-state index contributed by atoms with van der Waals surface area (Å²) >= 11 is 0. The highest BCUT2D eigenvalue weighted by molar-refractivity contribution is 5.77. The van der Waals surface area contributed by atoms with Crippen molar-refractivity contribution in [2.45, 2.75) is 12.3 Å². The van der Waals surface area contributed by atoms with Crippen LogP contribution >= 0.6 is 0 Å². The van der Waals surface area contributed by atoms with E-state index < -0.39 is 0 Å². The van der Waals surface area contributed by atoms with Crippen molar-refractivity contribution >= 4 is 12.0 Å². The highest BCUT2D eigenvalue weighted by Crippen LogP contribution is 2.37. The number of cyclic esters (lactones) is 1. The highest BCUT2D eigenvalue weighted by atomic mass is 16.7. The number of fused-ring (bicyclic) bond motifs is 1. The van der Waals surface area contributed by atoms with Gasteiger partial charge in [-0.15, -0.1) is 0 Å². The van der Waals surface area contributed by atoms with Crippen molar-refractivity contribution in [1.82, 2.24) is 10.2 Å². The molecule has 1 atom stereocenters. The summed E-state index contributed by atoms with van der Waals surface area (Å²) in [5, 5.41) is 2.91. The first kappa shape index (κ1) is 18.2. The lowest BCUT2D eigenvalue weighted by molar-refractivity contribution is -0.121. The summed E-state index contributed by atoms with van der Waals surface area (Å²) < 4.78 is 15.8. The summed E-state index contributed by atoms with van der Waals surface area (Å²) in [5.74, 6) is 1.25. The number of ether oxygens (including phenoxy) is 3. The third-order valence-corrected chi connectivity index (χ3v) is 4.94. The summed E-state index contributed by atoms with van der Waals surface area (Å²) in [6.45, 7) is 2.04. The van der Waals surface area contributed by atoms with Gasteiger partial charge in [-0.25, -0.2) is 4.79 Å². The van der Waals surface area contributed by atoms with E-state index in [1.165, 1.54) is 0 Å². The maximum Gasteiger partial charge on any atom is 0.409 e. The Labute approximate surface area is 163 Å². The normalized spacial score (nSPS) is 16.0. The zero-order valence-corrected chi connectivity index (χ0v) is 15.4. The van der Waals surface area contributed by atoms with Crippen molar-refractivity contribution in [1.29, 1.82) is 0 Å². The summed E-state index contributed by atoms with van der Waals surface area (Å²) in [5.41, 5.74) is 2.05. The third-order valence-electron chi connectivity index (χ3n) is 4.94. The van der Waals surface area contributed by atoms with Crippen LogP contribution < -0.4 is 14.8 Å². The van der Waals surface area contributed by atoms with Gasteiger partial charge in [0, 0.05) is 25.4 Å². The maximum atomic E-state index is 12.6. The van der Waals surface area contributed by atoms with E-state index in [2.05, 4.69) is 5.32 Å². The number of nitrogens with one attached hydrogen (secondary N) is 1. The zero-order valence-electron chi connectivity index (χ0n) is 15.4. The minimum atomic E-state index is -0.322. The van der Waals surface area contributed by atoms with Crippen molar-refractivity contribution in [3.8, 4) is 11.5 Å². The number of carbonyl (C=O) groups is 2. The van der Waals surface area contributed by atoms with Gasteiger partial charge < -0.3 is 24.4 Å². The van der Waals surface area contributed by atoms with E-state index in [-0.39, 0.29) is 24.7 Å². The number of hydrogen-bond acceptors (Lipinski definition) is 5. The van der Waals surface area contributed by atoms with Crippen molar-refractivity contribution in [2.75, 3.05) is 33.0 Å². The van der Waals surface area contributed by atoms with Crippen LogP contribution in [-0.2, 0) is 9.53 Å². The fraction of sp³-hybridized carbons (Fsp3) is 0.333. The van der Waals surface area contributed by atoms with E-state index in [1.54, 1.807) is 4.90 Å². The minimum absolute atomic E-state index is 0.0703. The van der Waals surface area contributed by atoms with Crippen LogP contribution in [0.15, 0.2) is 48.5 Å². The van der Waals surface area contributed by atoms with E-state index in [9.17, 15) is 9.59 Å². The molecular formula is C21H22N2O5. The van der Waals surface area contributed by atoms with Gasteiger partial charge in [0.25, 0.3) is 0 Å². The van der Waals surface area contributed by atoms with E-state index in [4.69, 9.17) is 14.2 Å². The number of hydrogen-bond donors (Lipinski definition) is 1. The zero-order chi connectivity index (χ0) is 19.3. The average Bonchev–Trinajstić information content (AvgIpc) is 3.35. The molecule has 2 amide bonds. The fourth-order valence-electron chi connectivity index (χ4n) is 3.46. The molecule has 2 heterocycles. The lowest BCUT2D eigenvalue weighted by Crippen LogP contribution is -2.35. The summed E-state index contributed by atoms with van der Waals surface area (Å²) in [6.07, 6.45) is -0.0227. The predicted octanol–water partition coefficient (Wildman–Crippen LogP) is 2.51. The minimum Gasteiger partial charge on any atom is -0.454 e. The van der Waals surface area contributed by atoms with Gasteiger partial charge in [-0.1, -0.05) is 36.4 Å². The van der Waals surface area contributed by atoms with Crippen molar-refractivity contribution in [3.63, 3.8) is 0 Å². The predicted molar refractivity (Wildman–Crippen MR) is 101 cm³/mol. The van der Waals surface area contributed by atoms with E-state index in [1.807, 2.05) is 48.5 Å². The topological polar surface area (TPSA) is 77.1 Å². The number of benzene rings is 2. The van der Waals surface area contributed by atoms with Gasteiger partial charge in [0.05, 0.1) is 6.54 Å². The quantitative estimate of drug-likeness (QED) is 0.796. The van der Waals surface area contributed by atoms with Gasteiger partial charge in [-0.3, -0.25) is 4.79 Å². The van der Waals surface area contributed by atoms with E-state index in [0.717, 1.165) is 16.9 Å². The van der Waals surface area contributed by atoms with Crippen LogP contribution in [0.25, 0.3) is 0 Å². The first-order valence-electron chi connectivity index (χ1n) is 9.33. The molecule has 0 saturated carbocycles. The Morgan fingerprint density at radius 3 is 2.64 bits per heavy atom. The molecule has 1 fully saturated rings. The van der Waals surface area contributed by atoms with Gasteiger partial charge in [0.2, 0.25) is 12.7 Å². The van der Waals surface area contributed by atoms with Crippen LogP contribution in [0.1, 0.15) is 23.5 Å². The molecule has 7 heteroatoms. The molecule has 2 aliphatic heterocycles. The second-order valence-corrected chi connectivity index (χ2v) is 6.73. The molecule has 0 spiro atoms. The summed E-state index contributed by atoms with van der Waals surface area (Å²) in [7, 11) is 0. The monoisotopic (exact) mass is 382 g/mol. The van der Waals surface area contributed by atoms with Crippen LogP contribution in [-0.4, -0.2) is 49.9 Å². The molecule has 0 unspecified atom stereocenters. The lowest BCUT2D eigenvalue weighted by atomic mass is 9.88. The van der Waals surface area contributed by atoms with Crippen LogP contribution in [0.2, 0.25) is 0 Å². The largest absolute Gasteiger partial charge is 0.454 e. The Balaban J connectivity index is 1.44. The molecule has 2 aromatic rings. The third kappa shape index (κ3) is 4.03. The van der Waals surface area contributed by atoms with Gasteiger partial charge in [-0.2, -0.15) is 0 Å². The molecule has 2 aliphatic rings. The van der Waals surface area contributed by atoms with Gasteiger partial charge in [0.15, 0.2) is 11.5 Å². The Bertz CT molecular complexity index is 855. The number of nitrogens with zero attached hydrogens (tertiary/aromatic N) is 1. The number of amides is 2. The molecule has 2 aromatic carbocycles. The van der Waals surface area contributed by atoms with E-state index in [0.29, 0.717) is 38.4 Å².